The van der Waals surface area contributed by atoms with Crippen molar-refractivity contribution in [2.75, 3.05) is 39.4 Å². The zero-order valence-corrected chi connectivity index (χ0v) is 17.4. The number of amides is 1. The van der Waals surface area contributed by atoms with E-state index in [1.165, 1.54) is 21.5 Å². The number of carbonyl (C=O) groups is 1. The third-order valence-corrected chi connectivity index (χ3v) is 7.69. The first-order valence-electron chi connectivity index (χ1n) is 9.99. The molecule has 154 valence electrons. The maximum absolute atomic E-state index is 13.1. The van der Waals surface area contributed by atoms with Gasteiger partial charge in [-0.15, -0.1) is 0 Å². The fraction of sp³-hybridized carbons (Fsp3) is 0.409. The molecule has 2 aliphatic heterocycles. The molecule has 2 saturated heterocycles. The second kappa shape index (κ2) is 8.26. The summed E-state index contributed by atoms with van der Waals surface area (Å²) in [5, 5.41) is 0. The van der Waals surface area contributed by atoms with Gasteiger partial charge in [-0.1, -0.05) is 30.3 Å². The third kappa shape index (κ3) is 4.08. The number of sulfonamides is 1. The van der Waals surface area contributed by atoms with E-state index in [2.05, 4.69) is 19.1 Å². The van der Waals surface area contributed by atoms with Gasteiger partial charge in [-0.3, -0.25) is 4.79 Å². The Morgan fingerprint density at radius 2 is 1.79 bits per heavy atom. The molecule has 0 bridgehead atoms. The maximum atomic E-state index is 13.1. The molecule has 0 spiro atoms. The van der Waals surface area contributed by atoms with Crippen molar-refractivity contribution in [1.82, 2.24) is 9.21 Å². The van der Waals surface area contributed by atoms with Crippen molar-refractivity contribution in [3.8, 4) is 0 Å². The summed E-state index contributed by atoms with van der Waals surface area (Å²) in [6, 6.07) is 14.7. The molecule has 4 rings (SSSR count). The molecule has 1 amide bonds. The van der Waals surface area contributed by atoms with Crippen LogP contribution < -0.4 is 0 Å². The van der Waals surface area contributed by atoms with Crippen LogP contribution in [0.15, 0.2) is 53.4 Å². The number of morpholine rings is 1. The smallest absolute Gasteiger partial charge is 0.253 e. The van der Waals surface area contributed by atoms with E-state index < -0.39 is 10.0 Å². The molecule has 29 heavy (non-hydrogen) atoms. The van der Waals surface area contributed by atoms with E-state index >= 15 is 0 Å². The molecule has 0 N–H and O–H groups in total. The highest BCUT2D eigenvalue weighted by molar-refractivity contribution is 7.89. The minimum atomic E-state index is -3.62. The van der Waals surface area contributed by atoms with Gasteiger partial charge in [0.1, 0.15) is 0 Å². The molecule has 0 aromatic heterocycles. The van der Waals surface area contributed by atoms with Gasteiger partial charge in [-0.25, -0.2) is 8.42 Å². The summed E-state index contributed by atoms with van der Waals surface area (Å²) in [7, 11) is -3.62. The van der Waals surface area contributed by atoms with Gasteiger partial charge in [0.25, 0.3) is 5.91 Å². The van der Waals surface area contributed by atoms with Crippen LogP contribution in [0.4, 0.5) is 0 Å². The molecule has 0 radical (unpaired) electrons. The van der Waals surface area contributed by atoms with Crippen LogP contribution in [0.1, 0.15) is 33.8 Å². The minimum Gasteiger partial charge on any atom is -0.379 e. The first-order valence-corrected chi connectivity index (χ1v) is 11.4. The van der Waals surface area contributed by atoms with Crippen molar-refractivity contribution in [3.05, 3.63) is 65.2 Å². The first-order chi connectivity index (χ1) is 14.0. The van der Waals surface area contributed by atoms with Crippen molar-refractivity contribution >= 4 is 15.9 Å². The molecule has 2 fully saturated rings. The van der Waals surface area contributed by atoms with E-state index in [1.807, 2.05) is 17.0 Å². The van der Waals surface area contributed by atoms with E-state index in [4.69, 9.17) is 4.74 Å². The van der Waals surface area contributed by atoms with Crippen LogP contribution in [-0.4, -0.2) is 62.9 Å². The summed E-state index contributed by atoms with van der Waals surface area (Å²) < 4.78 is 32.5. The molecular formula is C22H26N2O4S. The SMILES string of the molecule is Cc1ccccc1C1CCN(C(=O)c2cccc(S(=O)(=O)N3CCOCC3)c2)C1. The number of carbonyl (C=O) groups excluding carboxylic acids is 1. The summed E-state index contributed by atoms with van der Waals surface area (Å²) in [5.74, 6) is 0.209. The molecule has 7 heteroatoms. The Morgan fingerprint density at radius 1 is 1.03 bits per heavy atom. The third-order valence-electron chi connectivity index (χ3n) is 5.79. The zero-order chi connectivity index (χ0) is 20.4. The van der Waals surface area contributed by atoms with Gasteiger partial charge >= 0.3 is 0 Å². The monoisotopic (exact) mass is 414 g/mol. The number of benzene rings is 2. The minimum absolute atomic E-state index is 0.111. The Hall–Kier alpha value is -2.22. The Bertz CT molecular complexity index is 999. The quantitative estimate of drug-likeness (QED) is 0.771. The van der Waals surface area contributed by atoms with Crippen LogP contribution in [0, 0.1) is 6.92 Å². The van der Waals surface area contributed by atoms with Crippen molar-refractivity contribution in [2.24, 2.45) is 0 Å². The predicted octanol–water partition coefficient (Wildman–Crippen LogP) is 2.65. The number of aryl methyl sites for hydroxylation is 1. The Kier molecular flexibility index (Phi) is 5.72. The molecule has 2 aromatic rings. The highest BCUT2D eigenvalue weighted by Gasteiger charge is 2.30. The largest absolute Gasteiger partial charge is 0.379 e. The average Bonchev–Trinajstić information content (AvgIpc) is 3.24. The molecule has 2 aliphatic rings. The van der Waals surface area contributed by atoms with Gasteiger partial charge in [-0.2, -0.15) is 4.31 Å². The van der Waals surface area contributed by atoms with Gasteiger partial charge in [0, 0.05) is 37.7 Å². The predicted molar refractivity (Wildman–Crippen MR) is 110 cm³/mol. The highest BCUT2D eigenvalue weighted by atomic mass is 32.2. The standard InChI is InChI=1S/C22H26N2O4S/c1-17-5-2-3-8-21(17)19-9-10-23(16-19)22(25)18-6-4-7-20(15-18)29(26,27)24-11-13-28-14-12-24/h2-8,15,19H,9-14,16H2,1H3. The molecule has 0 saturated carbocycles. The fourth-order valence-corrected chi connectivity index (χ4v) is 5.61. The van der Waals surface area contributed by atoms with Crippen LogP contribution in [0.3, 0.4) is 0 Å². The van der Waals surface area contributed by atoms with Crippen molar-refractivity contribution in [1.29, 1.82) is 0 Å². The Balaban J connectivity index is 1.51. The second-order valence-corrected chi connectivity index (χ2v) is 9.58. The van der Waals surface area contributed by atoms with Crippen LogP contribution in [0.5, 0.6) is 0 Å². The van der Waals surface area contributed by atoms with Gasteiger partial charge < -0.3 is 9.64 Å². The summed E-state index contributed by atoms with van der Waals surface area (Å²) >= 11 is 0. The summed E-state index contributed by atoms with van der Waals surface area (Å²) in [6.45, 7) is 4.90. The fourth-order valence-electron chi connectivity index (χ4n) is 4.15. The summed E-state index contributed by atoms with van der Waals surface area (Å²) in [6.07, 6.45) is 0.919. The molecule has 2 heterocycles. The van der Waals surface area contributed by atoms with E-state index in [1.54, 1.807) is 18.2 Å². The number of hydrogen-bond donors (Lipinski definition) is 0. The van der Waals surface area contributed by atoms with Gasteiger partial charge in [-0.05, 0) is 42.7 Å². The van der Waals surface area contributed by atoms with E-state index in [0.717, 1.165) is 6.42 Å². The summed E-state index contributed by atoms with van der Waals surface area (Å²) in [5.41, 5.74) is 2.95. The lowest BCUT2D eigenvalue weighted by Crippen LogP contribution is -2.40. The lowest BCUT2D eigenvalue weighted by molar-refractivity contribution is 0.0730. The normalized spacial score (nSPS) is 20.7. The second-order valence-electron chi connectivity index (χ2n) is 7.64. The van der Waals surface area contributed by atoms with E-state index in [9.17, 15) is 13.2 Å². The number of rotatable bonds is 4. The zero-order valence-electron chi connectivity index (χ0n) is 16.6. The van der Waals surface area contributed by atoms with Crippen LogP contribution in [0.2, 0.25) is 0 Å². The van der Waals surface area contributed by atoms with Gasteiger partial charge in [0.15, 0.2) is 0 Å². The number of ether oxygens (including phenoxy) is 1. The first kappa shape index (κ1) is 20.1. The van der Waals surface area contributed by atoms with Crippen molar-refractivity contribution in [2.45, 2.75) is 24.2 Å². The van der Waals surface area contributed by atoms with Gasteiger partial charge in [0.2, 0.25) is 10.0 Å². The highest BCUT2D eigenvalue weighted by Crippen LogP contribution is 2.30. The van der Waals surface area contributed by atoms with Crippen LogP contribution in [-0.2, 0) is 14.8 Å². The van der Waals surface area contributed by atoms with E-state index in [-0.39, 0.29) is 10.8 Å². The number of nitrogens with zero attached hydrogens (tertiary/aromatic N) is 2. The molecule has 0 aliphatic carbocycles. The topological polar surface area (TPSA) is 66.9 Å². The van der Waals surface area contributed by atoms with Crippen LogP contribution >= 0.6 is 0 Å². The Labute approximate surface area is 172 Å². The lowest BCUT2D eigenvalue weighted by atomic mass is 9.94. The van der Waals surface area contributed by atoms with Crippen molar-refractivity contribution in [3.63, 3.8) is 0 Å². The number of likely N-dealkylation sites (tertiary alicyclic amines) is 1. The van der Waals surface area contributed by atoms with Crippen molar-refractivity contribution < 1.29 is 17.9 Å². The van der Waals surface area contributed by atoms with E-state index in [0.29, 0.717) is 50.9 Å². The average molecular weight is 415 g/mol. The molecule has 1 unspecified atom stereocenters. The molecular weight excluding hydrogens is 388 g/mol. The van der Waals surface area contributed by atoms with Crippen LogP contribution in [0.25, 0.3) is 0 Å². The lowest BCUT2D eigenvalue weighted by Gasteiger charge is -2.26. The molecule has 1 atom stereocenters. The summed E-state index contributed by atoms with van der Waals surface area (Å²) in [4.78, 5) is 15.1. The molecule has 6 nitrogen and oxygen atoms in total. The molecule has 2 aromatic carbocycles. The van der Waals surface area contributed by atoms with Gasteiger partial charge in [0.05, 0.1) is 18.1 Å². The Morgan fingerprint density at radius 3 is 2.55 bits per heavy atom. The maximum Gasteiger partial charge on any atom is 0.253 e. The number of hydrogen-bond acceptors (Lipinski definition) is 4.